The third kappa shape index (κ3) is 10.7. The van der Waals surface area contributed by atoms with Gasteiger partial charge in [0.1, 0.15) is 19.3 Å². The van der Waals surface area contributed by atoms with E-state index < -0.39 is 44.7 Å². The minimum atomic E-state index is -3.48. The molecule has 0 heterocycles. The largest absolute Gasteiger partial charge is 0.462 e. The number of hydrogen-bond acceptors (Lipinski definition) is 12. The average Bonchev–Trinajstić information content (AvgIpc) is 2.88. The highest BCUT2D eigenvalue weighted by atomic mass is 32.2. The van der Waals surface area contributed by atoms with Crippen LogP contribution in [0.4, 0.5) is 0 Å². The number of nitrogens with zero attached hydrogens (tertiary/aromatic N) is 2. The van der Waals surface area contributed by atoms with Crippen LogP contribution in [0.25, 0.3) is 11.1 Å². The Morgan fingerprint density at radius 2 is 1.55 bits per heavy atom. The van der Waals surface area contributed by atoms with Crippen molar-refractivity contribution >= 4 is 32.9 Å². The van der Waals surface area contributed by atoms with Crippen LogP contribution in [0.5, 0.6) is 0 Å². The fourth-order valence-electron chi connectivity index (χ4n) is 3.54. The molecule has 0 radical (unpaired) electrons. The van der Waals surface area contributed by atoms with Crippen molar-refractivity contribution in [2.45, 2.75) is 37.2 Å². The number of carbonyl (C=O) groups excluding carboxylic acids is 2. The molecule has 0 fully saturated rings. The number of unbranched alkanes of at least 4 members (excludes halogenated alkanes) is 1. The SMILES string of the molecule is CC(=O)OCC(=C(C(=O)OCCCCC(CO[N+](=O)[O-])O[N+](=O)[O-])c1ccccc1)c1ccc(S(C)(=O)=O)cc1. The van der Waals surface area contributed by atoms with Crippen molar-refractivity contribution in [2.75, 3.05) is 26.1 Å². The number of esters is 2. The van der Waals surface area contributed by atoms with E-state index in [1.165, 1.54) is 31.2 Å². The summed E-state index contributed by atoms with van der Waals surface area (Å²) >= 11 is 0. The Morgan fingerprint density at radius 3 is 2.10 bits per heavy atom. The molecule has 1 unspecified atom stereocenters. The predicted molar refractivity (Wildman–Crippen MR) is 139 cm³/mol. The Balaban J connectivity index is 2.27. The maximum absolute atomic E-state index is 13.3. The molecule has 1 atom stereocenters. The van der Waals surface area contributed by atoms with Crippen molar-refractivity contribution in [1.29, 1.82) is 0 Å². The zero-order chi connectivity index (χ0) is 29.7. The quantitative estimate of drug-likeness (QED) is 0.0705. The molecule has 0 saturated heterocycles. The molecular formula is C25H28N2O12S. The van der Waals surface area contributed by atoms with Gasteiger partial charge >= 0.3 is 11.9 Å². The molecular weight excluding hydrogens is 552 g/mol. The molecule has 0 aliphatic rings. The first-order valence-corrected chi connectivity index (χ1v) is 13.8. The van der Waals surface area contributed by atoms with Gasteiger partial charge in [-0.3, -0.25) is 4.79 Å². The number of sulfone groups is 1. The first-order valence-electron chi connectivity index (χ1n) is 11.9. The molecule has 15 heteroatoms. The lowest BCUT2D eigenvalue weighted by atomic mass is 9.95. The van der Waals surface area contributed by atoms with E-state index in [0.29, 0.717) is 11.1 Å². The molecule has 0 saturated carbocycles. The van der Waals surface area contributed by atoms with Crippen LogP contribution in [0.1, 0.15) is 37.3 Å². The summed E-state index contributed by atoms with van der Waals surface area (Å²) in [4.78, 5) is 54.5. The minimum Gasteiger partial charge on any atom is -0.462 e. The molecule has 0 aromatic heterocycles. The molecule has 0 bridgehead atoms. The van der Waals surface area contributed by atoms with Crippen LogP contribution in [0.15, 0.2) is 59.5 Å². The van der Waals surface area contributed by atoms with Crippen molar-refractivity contribution in [3.63, 3.8) is 0 Å². The zero-order valence-electron chi connectivity index (χ0n) is 21.7. The van der Waals surface area contributed by atoms with Crippen LogP contribution in [-0.4, -0.2) is 62.7 Å². The molecule has 0 aliphatic carbocycles. The minimum absolute atomic E-state index is 0.0259. The van der Waals surface area contributed by atoms with Crippen LogP contribution in [0.2, 0.25) is 0 Å². The third-order valence-electron chi connectivity index (χ3n) is 5.37. The second-order valence-electron chi connectivity index (χ2n) is 8.40. The fraction of sp³-hybridized carbons (Fsp3) is 0.360. The van der Waals surface area contributed by atoms with Gasteiger partial charge in [-0.15, -0.1) is 20.2 Å². The van der Waals surface area contributed by atoms with Crippen LogP contribution in [0.3, 0.4) is 0 Å². The van der Waals surface area contributed by atoms with E-state index in [0.717, 1.165) is 6.26 Å². The van der Waals surface area contributed by atoms with Gasteiger partial charge in [0.05, 0.1) is 17.1 Å². The van der Waals surface area contributed by atoms with Crippen LogP contribution < -0.4 is 0 Å². The summed E-state index contributed by atoms with van der Waals surface area (Å²) in [5, 5.41) is 18.8. The lowest BCUT2D eigenvalue weighted by molar-refractivity contribution is -0.790. The van der Waals surface area contributed by atoms with Gasteiger partial charge in [0.25, 0.3) is 10.2 Å². The molecule has 40 heavy (non-hydrogen) atoms. The van der Waals surface area contributed by atoms with E-state index >= 15 is 0 Å². The van der Waals surface area contributed by atoms with Gasteiger partial charge in [-0.05, 0) is 42.5 Å². The van der Waals surface area contributed by atoms with Crippen molar-refractivity contribution in [1.82, 2.24) is 0 Å². The molecule has 0 spiro atoms. The van der Waals surface area contributed by atoms with E-state index in [2.05, 4.69) is 9.68 Å². The Labute approximate surface area is 229 Å². The summed E-state index contributed by atoms with van der Waals surface area (Å²) in [6.45, 7) is 0.164. The monoisotopic (exact) mass is 580 g/mol. The van der Waals surface area contributed by atoms with Crippen molar-refractivity contribution in [3.05, 3.63) is 86.0 Å². The number of hydrogen-bond donors (Lipinski definition) is 0. The second-order valence-corrected chi connectivity index (χ2v) is 10.4. The summed E-state index contributed by atoms with van der Waals surface area (Å²) in [5.41, 5.74) is 1.25. The topological polar surface area (TPSA) is 191 Å². The maximum Gasteiger partial charge on any atom is 0.339 e. The van der Waals surface area contributed by atoms with Gasteiger partial charge < -0.3 is 19.1 Å². The normalized spacial score (nSPS) is 12.4. The summed E-state index contributed by atoms with van der Waals surface area (Å²) in [6.07, 6.45) is 0.404. The average molecular weight is 581 g/mol. The number of carbonyl (C=O) groups is 2. The van der Waals surface area contributed by atoms with Gasteiger partial charge in [0.15, 0.2) is 9.84 Å². The molecule has 0 aliphatic heterocycles. The Hall–Kier alpha value is -4.53. The van der Waals surface area contributed by atoms with Gasteiger partial charge in [0.2, 0.25) is 0 Å². The summed E-state index contributed by atoms with van der Waals surface area (Å²) in [7, 11) is -3.48. The third-order valence-corrected chi connectivity index (χ3v) is 6.50. The Morgan fingerprint density at radius 1 is 0.900 bits per heavy atom. The van der Waals surface area contributed by atoms with Crippen LogP contribution in [0, 0.1) is 20.2 Å². The van der Waals surface area contributed by atoms with E-state index in [1.807, 2.05) is 0 Å². The standard InChI is InChI=1S/C25H28N2O12S/c1-18(28)37-17-23(19-11-13-22(14-12-19)40(2,34)35)24(20-8-4-3-5-9-20)25(29)36-15-7-6-10-21(39-27(32)33)16-38-26(30)31/h3-5,8-9,11-14,21H,6-7,10,15-17H2,1-2H3. The Bertz CT molecular complexity index is 1330. The number of rotatable bonds is 16. The molecule has 14 nitrogen and oxygen atoms in total. The van der Waals surface area contributed by atoms with Crippen molar-refractivity contribution in [2.24, 2.45) is 0 Å². The highest BCUT2D eigenvalue weighted by Crippen LogP contribution is 2.29. The molecule has 2 aromatic rings. The summed E-state index contributed by atoms with van der Waals surface area (Å²) in [6, 6.07) is 14.2. The second kappa shape index (κ2) is 15.2. The first-order chi connectivity index (χ1) is 18.9. The van der Waals surface area contributed by atoms with E-state index in [-0.39, 0.29) is 48.5 Å². The van der Waals surface area contributed by atoms with E-state index in [9.17, 15) is 38.2 Å². The van der Waals surface area contributed by atoms with Crippen molar-refractivity contribution < 1.29 is 47.3 Å². The Kier molecular flexibility index (Phi) is 12.0. The maximum atomic E-state index is 13.3. The van der Waals surface area contributed by atoms with E-state index in [1.54, 1.807) is 30.3 Å². The smallest absolute Gasteiger partial charge is 0.339 e. The predicted octanol–water partition coefficient (Wildman–Crippen LogP) is 3.06. The van der Waals surface area contributed by atoms with Crippen LogP contribution in [-0.2, 0) is 38.6 Å². The number of benzene rings is 2. The number of ether oxygens (including phenoxy) is 2. The summed E-state index contributed by atoms with van der Waals surface area (Å²) < 4.78 is 34.4. The molecule has 2 aromatic carbocycles. The zero-order valence-corrected chi connectivity index (χ0v) is 22.5. The molecule has 2 rings (SSSR count). The molecule has 216 valence electrons. The van der Waals surface area contributed by atoms with Gasteiger partial charge in [0, 0.05) is 18.8 Å². The van der Waals surface area contributed by atoms with E-state index in [4.69, 9.17) is 9.47 Å². The van der Waals surface area contributed by atoms with Gasteiger partial charge in [-0.25, -0.2) is 13.2 Å². The lowest BCUT2D eigenvalue weighted by Gasteiger charge is -2.17. The van der Waals surface area contributed by atoms with Crippen LogP contribution >= 0.6 is 0 Å². The van der Waals surface area contributed by atoms with Gasteiger partial charge in [-0.1, -0.05) is 42.5 Å². The fourth-order valence-corrected chi connectivity index (χ4v) is 4.17. The molecule has 0 amide bonds. The summed E-state index contributed by atoms with van der Waals surface area (Å²) in [5.74, 6) is -1.35. The first kappa shape index (κ1) is 31.7. The highest BCUT2D eigenvalue weighted by Gasteiger charge is 2.22. The highest BCUT2D eigenvalue weighted by molar-refractivity contribution is 7.90. The lowest BCUT2D eigenvalue weighted by Crippen LogP contribution is -2.24. The van der Waals surface area contributed by atoms with Crippen molar-refractivity contribution in [3.8, 4) is 0 Å². The van der Waals surface area contributed by atoms with Gasteiger partial charge in [-0.2, -0.15) is 0 Å². The molecule has 0 N–H and O–H groups in total.